The normalized spacial score (nSPS) is 14.6. The molecule has 0 spiro atoms. The third-order valence-electron chi connectivity index (χ3n) is 3.06. The number of hydrogen-bond acceptors (Lipinski definition) is 2. The summed E-state index contributed by atoms with van der Waals surface area (Å²) in [5.41, 5.74) is 1.22. The highest BCUT2D eigenvalue weighted by Gasteiger charge is 2.17. The molecule has 0 aliphatic carbocycles. The fraction of sp³-hybridized carbons (Fsp3) is 0.625. The van der Waals surface area contributed by atoms with Crippen molar-refractivity contribution in [2.45, 2.75) is 58.8 Å². The Kier molecular flexibility index (Phi) is 7.66. The van der Waals surface area contributed by atoms with Gasteiger partial charge < -0.3 is 10.1 Å². The van der Waals surface area contributed by atoms with Gasteiger partial charge in [-0.3, -0.25) is 0 Å². The van der Waals surface area contributed by atoms with Gasteiger partial charge in [0.05, 0.1) is 12.2 Å². The average molecular weight is 328 g/mol. The van der Waals surface area contributed by atoms with Gasteiger partial charge in [0.25, 0.3) is 0 Å². The fourth-order valence-corrected chi connectivity index (χ4v) is 2.61. The van der Waals surface area contributed by atoms with Gasteiger partial charge >= 0.3 is 0 Å². The Bertz CT molecular complexity index is 368. The number of ether oxygens (including phenoxy) is 1. The molecule has 1 rings (SSSR count). The first-order valence-corrected chi connectivity index (χ1v) is 7.97. The minimum Gasteiger partial charge on any atom is -0.369 e. The summed E-state index contributed by atoms with van der Waals surface area (Å²) in [7, 11) is 0. The maximum absolute atomic E-state index is 6.22. The number of halogens is 1. The largest absolute Gasteiger partial charge is 0.369 e. The maximum Gasteiger partial charge on any atom is 0.0963 e. The lowest BCUT2D eigenvalue weighted by Gasteiger charge is -2.25. The van der Waals surface area contributed by atoms with Gasteiger partial charge in [-0.05, 0) is 25.0 Å². The minimum absolute atomic E-state index is 0.0968. The van der Waals surface area contributed by atoms with E-state index in [-0.39, 0.29) is 12.2 Å². The molecule has 0 saturated heterocycles. The van der Waals surface area contributed by atoms with Gasteiger partial charge in [0.15, 0.2) is 0 Å². The molecule has 0 bridgehead atoms. The summed E-state index contributed by atoms with van der Waals surface area (Å²) in [6.45, 7) is 9.51. The molecular formula is C16H26BrNO. The highest BCUT2D eigenvalue weighted by molar-refractivity contribution is 9.10. The molecule has 19 heavy (non-hydrogen) atoms. The molecule has 0 amide bonds. The smallest absolute Gasteiger partial charge is 0.0963 e. The quantitative estimate of drug-likeness (QED) is 0.747. The molecule has 1 aromatic rings. The van der Waals surface area contributed by atoms with E-state index < -0.39 is 0 Å². The van der Waals surface area contributed by atoms with Crippen molar-refractivity contribution in [2.24, 2.45) is 0 Å². The van der Waals surface area contributed by atoms with E-state index in [2.05, 4.69) is 67.1 Å². The Morgan fingerprint density at radius 3 is 2.47 bits per heavy atom. The fourth-order valence-electron chi connectivity index (χ4n) is 2.07. The van der Waals surface area contributed by atoms with Crippen LogP contribution in [0.2, 0.25) is 0 Å². The lowest BCUT2D eigenvalue weighted by Crippen LogP contribution is -2.30. The topological polar surface area (TPSA) is 21.3 Å². The van der Waals surface area contributed by atoms with Crippen LogP contribution in [0.15, 0.2) is 28.7 Å². The zero-order valence-corrected chi connectivity index (χ0v) is 14.0. The highest BCUT2D eigenvalue weighted by Crippen LogP contribution is 2.27. The van der Waals surface area contributed by atoms with E-state index in [1.807, 2.05) is 6.07 Å². The van der Waals surface area contributed by atoms with Crippen molar-refractivity contribution in [3.63, 3.8) is 0 Å². The average Bonchev–Trinajstić information content (AvgIpc) is 2.35. The third kappa shape index (κ3) is 6.07. The van der Waals surface area contributed by atoms with Crippen molar-refractivity contribution in [1.82, 2.24) is 5.32 Å². The van der Waals surface area contributed by atoms with Crippen molar-refractivity contribution < 1.29 is 4.74 Å². The summed E-state index contributed by atoms with van der Waals surface area (Å²) < 4.78 is 7.34. The molecule has 0 aromatic heterocycles. The second-order valence-corrected chi connectivity index (χ2v) is 6.16. The van der Waals surface area contributed by atoms with E-state index in [0.29, 0.717) is 6.04 Å². The monoisotopic (exact) mass is 327 g/mol. The van der Waals surface area contributed by atoms with E-state index in [4.69, 9.17) is 4.74 Å². The molecule has 0 fully saturated rings. The Morgan fingerprint density at radius 1 is 1.21 bits per heavy atom. The van der Waals surface area contributed by atoms with E-state index >= 15 is 0 Å². The molecule has 0 aliphatic rings. The van der Waals surface area contributed by atoms with Crippen molar-refractivity contribution in [3.8, 4) is 0 Å². The molecular weight excluding hydrogens is 302 g/mol. The number of nitrogens with one attached hydrogen (secondary N) is 1. The Morgan fingerprint density at radius 2 is 1.89 bits per heavy atom. The second-order valence-electron chi connectivity index (χ2n) is 5.31. The van der Waals surface area contributed by atoms with Gasteiger partial charge in [0.1, 0.15) is 0 Å². The first-order valence-electron chi connectivity index (χ1n) is 7.17. The summed E-state index contributed by atoms with van der Waals surface area (Å²) in [4.78, 5) is 0. The van der Waals surface area contributed by atoms with E-state index in [0.717, 1.165) is 23.9 Å². The molecule has 108 valence electrons. The summed E-state index contributed by atoms with van der Waals surface area (Å²) in [6.07, 6.45) is 2.64. The molecule has 1 aromatic carbocycles. The Hall–Kier alpha value is -0.380. The van der Waals surface area contributed by atoms with Crippen LogP contribution >= 0.6 is 15.9 Å². The lowest BCUT2D eigenvalue weighted by molar-refractivity contribution is -0.00842. The predicted octanol–water partition coefficient (Wildman–Crippen LogP) is 4.69. The second kappa shape index (κ2) is 8.72. The van der Waals surface area contributed by atoms with E-state index in [1.54, 1.807) is 0 Å². The van der Waals surface area contributed by atoms with Crippen molar-refractivity contribution in [1.29, 1.82) is 0 Å². The summed E-state index contributed by atoms with van der Waals surface area (Å²) in [5.74, 6) is 0. The standard InChI is InChI=1S/C16H26BrNO/c1-5-8-13(4)19-16(11-18-12(2)3)14-9-6-7-10-15(14)17/h6-7,9-10,12-13,16,18H,5,8,11H2,1-4H3. The van der Waals surface area contributed by atoms with E-state index in [1.165, 1.54) is 5.56 Å². The van der Waals surface area contributed by atoms with Crippen LogP contribution in [0.5, 0.6) is 0 Å². The minimum atomic E-state index is 0.0968. The molecule has 0 heterocycles. The number of benzene rings is 1. The van der Waals surface area contributed by atoms with Gasteiger partial charge in [-0.1, -0.05) is 61.3 Å². The molecule has 2 atom stereocenters. The van der Waals surface area contributed by atoms with Gasteiger partial charge in [-0.15, -0.1) is 0 Å². The molecule has 2 unspecified atom stereocenters. The van der Waals surface area contributed by atoms with E-state index in [9.17, 15) is 0 Å². The first-order chi connectivity index (χ1) is 9.04. The summed E-state index contributed by atoms with van der Waals surface area (Å²) >= 11 is 3.63. The molecule has 0 radical (unpaired) electrons. The van der Waals surface area contributed by atoms with Crippen LogP contribution in [-0.4, -0.2) is 18.7 Å². The molecule has 0 aliphatic heterocycles. The van der Waals surface area contributed by atoms with Crippen LogP contribution in [-0.2, 0) is 4.74 Å². The van der Waals surface area contributed by atoms with Gasteiger partial charge in [0, 0.05) is 17.1 Å². The summed E-state index contributed by atoms with van der Waals surface area (Å²) in [5, 5.41) is 3.47. The molecule has 3 heteroatoms. The van der Waals surface area contributed by atoms with Crippen molar-refractivity contribution >= 4 is 15.9 Å². The molecule has 1 N–H and O–H groups in total. The van der Waals surface area contributed by atoms with Crippen LogP contribution in [0.1, 0.15) is 52.2 Å². The molecule has 2 nitrogen and oxygen atoms in total. The first kappa shape index (κ1) is 16.7. The zero-order valence-electron chi connectivity index (χ0n) is 12.4. The van der Waals surface area contributed by atoms with Crippen LogP contribution in [0, 0.1) is 0 Å². The Balaban J connectivity index is 2.76. The lowest BCUT2D eigenvalue weighted by atomic mass is 10.1. The third-order valence-corrected chi connectivity index (χ3v) is 3.78. The number of rotatable bonds is 8. The Labute approximate surface area is 126 Å². The van der Waals surface area contributed by atoms with Gasteiger partial charge in [-0.25, -0.2) is 0 Å². The van der Waals surface area contributed by atoms with Crippen LogP contribution in [0.3, 0.4) is 0 Å². The SMILES string of the molecule is CCCC(C)OC(CNC(C)C)c1ccccc1Br. The molecule has 0 saturated carbocycles. The zero-order chi connectivity index (χ0) is 14.3. The van der Waals surface area contributed by atoms with Gasteiger partial charge in [0.2, 0.25) is 0 Å². The van der Waals surface area contributed by atoms with Crippen LogP contribution < -0.4 is 5.32 Å². The highest BCUT2D eigenvalue weighted by atomic mass is 79.9. The van der Waals surface area contributed by atoms with Crippen molar-refractivity contribution in [2.75, 3.05) is 6.54 Å². The van der Waals surface area contributed by atoms with Crippen LogP contribution in [0.25, 0.3) is 0 Å². The predicted molar refractivity (Wildman–Crippen MR) is 85.5 cm³/mol. The number of hydrogen-bond donors (Lipinski definition) is 1. The van der Waals surface area contributed by atoms with Crippen LogP contribution in [0.4, 0.5) is 0 Å². The van der Waals surface area contributed by atoms with Gasteiger partial charge in [-0.2, -0.15) is 0 Å². The summed E-state index contributed by atoms with van der Waals surface area (Å²) in [6, 6.07) is 8.78. The van der Waals surface area contributed by atoms with Crippen molar-refractivity contribution in [3.05, 3.63) is 34.3 Å². The maximum atomic E-state index is 6.22.